The van der Waals surface area contributed by atoms with E-state index in [9.17, 15) is 9.18 Å². The summed E-state index contributed by atoms with van der Waals surface area (Å²) in [5.41, 5.74) is -0.0575. The normalized spacial score (nSPS) is 10.1. The number of halogens is 1. The van der Waals surface area contributed by atoms with Crippen LogP contribution < -0.4 is 4.74 Å². The van der Waals surface area contributed by atoms with E-state index < -0.39 is 11.8 Å². The first-order valence-electron chi connectivity index (χ1n) is 4.88. The topological polar surface area (TPSA) is 55.8 Å². The van der Waals surface area contributed by atoms with E-state index >= 15 is 0 Å². The van der Waals surface area contributed by atoms with E-state index in [-0.39, 0.29) is 17.9 Å². The number of hydrogen-bond acceptors (Lipinski definition) is 3. The number of carboxylic acids is 1. The highest BCUT2D eigenvalue weighted by molar-refractivity contribution is 5.90. The molecule has 0 aromatic heterocycles. The zero-order valence-corrected chi connectivity index (χ0v) is 8.90. The molecule has 0 fully saturated rings. The second kappa shape index (κ2) is 6.07. The van der Waals surface area contributed by atoms with Crippen LogP contribution in [0.25, 0.3) is 0 Å². The van der Waals surface area contributed by atoms with Crippen LogP contribution in [0.2, 0.25) is 0 Å². The Balaban J connectivity index is 2.68. The minimum Gasteiger partial charge on any atom is -0.490 e. The molecule has 0 heterocycles. The molecule has 0 saturated carbocycles. The van der Waals surface area contributed by atoms with Gasteiger partial charge in [0.05, 0.1) is 6.61 Å². The fraction of sp³-hybridized carbons (Fsp3) is 0.364. The van der Waals surface area contributed by atoms with Gasteiger partial charge in [0.1, 0.15) is 23.7 Å². The fourth-order valence-corrected chi connectivity index (χ4v) is 1.15. The molecule has 0 aliphatic heterocycles. The van der Waals surface area contributed by atoms with Crippen LogP contribution in [0.4, 0.5) is 4.39 Å². The summed E-state index contributed by atoms with van der Waals surface area (Å²) in [6.07, 6.45) is 0. The van der Waals surface area contributed by atoms with E-state index in [1.165, 1.54) is 6.07 Å². The van der Waals surface area contributed by atoms with Crippen LogP contribution in [0.5, 0.6) is 5.75 Å². The van der Waals surface area contributed by atoms with Gasteiger partial charge in [0.2, 0.25) is 0 Å². The van der Waals surface area contributed by atoms with Crippen molar-refractivity contribution in [1.29, 1.82) is 0 Å². The summed E-state index contributed by atoms with van der Waals surface area (Å²) >= 11 is 0. The van der Waals surface area contributed by atoms with Crippen LogP contribution in [0.1, 0.15) is 17.3 Å². The molecule has 4 nitrogen and oxygen atoms in total. The van der Waals surface area contributed by atoms with Gasteiger partial charge in [0, 0.05) is 12.7 Å². The monoisotopic (exact) mass is 228 g/mol. The Kier molecular flexibility index (Phi) is 4.72. The van der Waals surface area contributed by atoms with Crippen LogP contribution in [-0.2, 0) is 4.74 Å². The molecule has 5 heteroatoms. The molecule has 1 aromatic rings. The fourth-order valence-electron chi connectivity index (χ4n) is 1.15. The van der Waals surface area contributed by atoms with Gasteiger partial charge in [-0.05, 0) is 19.1 Å². The molecule has 0 bridgehead atoms. The Morgan fingerprint density at radius 1 is 1.44 bits per heavy atom. The second-order valence-electron chi connectivity index (χ2n) is 2.99. The molecular formula is C11H13FO4. The highest BCUT2D eigenvalue weighted by atomic mass is 19.1. The van der Waals surface area contributed by atoms with Gasteiger partial charge in [-0.25, -0.2) is 9.18 Å². The van der Waals surface area contributed by atoms with Gasteiger partial charge in [-0.2, -0.15) is 0 Å². The minimum atomic E-state index is -1.15. The van der Waals surface area contributed by atoms with Crippen molar-refractivity contribution in [2.75, 3.05) is 19.8 Å². The molecule has 0 radical (unpaired) electrons. The van der Waals surface area contributed by atoms with Gasteiger partial charge in [-0.15, -0.1) is 0 Å². The second-order valence-corrected chi connectivity index (χ2v) is 2.99. The highest BCUT2D eigenvalue weighted by Gasteiger charge is 2.11. The average Bonchev–Trinajstić information content (AvgIpc) is 2.24. The van der Waals surface area contributed by atoms with Crippen LogP contribution in [-0.4, -0.2) is 30.9 Å². The zero-order valence-electron chi connectivity index (χ0n) is 8.90. The Morgan fingerprint density at radius 2 is 2.19 bits per heavy atom. The first-order chi connectivity index (χ1) is 7.65. The molecule has 0 unspecified atom stereocenters. The Labute approximate surface area is 92.6 Å². The van der Waals surface area contributed by atoms with Gasteiger partial charge in [-0.1, -0.05) is 0 Å². The molecule has 0 aliphatic carbocycles. The molecule has 0 saturated heterocycles. The number of carboxylic acid groups (broad SMARTS) is 1. The largest absolute Gasteiger partial charge is 0.490 e. The summed E-state index contributed by atoms with van der Waals surface area (Å²) in [4.78, 5) is 10.8. The van der Waals surface area contributed by atoms with E-state index in [1.54, 1.807) is 0 Å². The average molecular weight is 228 g/mol. The smallest absolute Gasteiger partial charge is 0.339 e. The van der Waals surface area contributed by atoms with E-state index in [1.807, 2.05) is 6.92 Å². The van der Waals surface area contributed by atoms with Gasteiger partial charge in [-0.3, -0.25) is 0 Å². The van der Waals surface area contributed by atoms with Crippen molar-refractivity contribution in [3.05, 3.63) is 29.6 Å². The first kappa shape index (κ1) is 12.4. The lowest BCUT2D eigenvalue weighted by Crippen LogP contribution is -2.09. The maximum absolute atomic E-state index is 12.9. The van der Waals surface area contributed by atoms with Crippen LogP contribution in [0.3, 0.4) is 0 Å². The number of benzene rings is 1. The number of rotatable bonds is 6. The summed E-state index contributed by atoms with van der Waals surface area (Å²) in [5, 5.41) is 8.83. The summed E-state index contributed by atoms with van der Waals surface area (Å²) < 4.78 is 23.0. The third kappa shape index (κ3) is 3.51. The summed E-state index contributed by atoms with van der Waals surface area (Å²) in [5.74, 6) is -1.66. The summed E-state index contributed by atoms with van der Waals surface area (Å²) in [6, 6.07) is 3.31. The predicted molar refractivity (Wildman–Crippen MR) is 55.3 cm³/mol. The molecule has 1 rings (SSSR count). The standard InChI is InChI=1S/C11H13FO4/c1-2-15-5-6-16-10-7-8(12)3-4-9(10)11(13)14/h3-4,7H,2,5-6H2,1H3,(H,13,14). The molecule has 16 heavy (non-hydrogen) atoms. The van der Waals surface area contributed by atoms with Gasteiger partial charge in [0.15, 0.2) is 0 Å². The highest BCUT2D eigenvalue weighted by Crippen LogP contribution is 2.19. The third-order valence-electron chi connectivity index (χ3n) is 1.86. The zero-order chi connectivity index (χ0) is 12.0. The molecule has 1 N–H and O–H groups in total. The quantitative estimate of drug-likeness (QED) is 0.756. The van der Waals surface area contributed by atoms with Crippen molar-refractivity contribution in [2.24, 2.45) is 0 Å². The molecule has 0 spiro atoms. The Hall–Kier alpha value is -1.62. The summed E-state index contributed by atoms with van der Waals surface area (Å²) in [7, 11) is 0. The maximum atomic E-state index is 12.9. The van der Waals surface area contributed by atoms with Crippen LogP contribution >= 0.6 is 0 Å². The van der Waals surface area contributed by atoms with E-state index in [0.29, 0.717) is 13.2 Å². The van der Waals surface area contributed by atoms with E-state index in [4.69, 9.17) is 14.6 Å². The van der Waals surface area contributed by atoms with Gasteiger partial charge < -0.3 is 14.6 Å². The lowest BCUT2D eigenvalue weighted by atomic mass is 10.2. The van der Waals surface area contributed by atoms with Gasteiger partial charge in [0.25, 0.3) is 0 Å². The summed E-state index contributed by atoms with van der Waals surface area (Å²) in [6.45, 7) is 2.92. The van der Waals surface area contributed by atoms with Gasteiger partial charge >= 0.3 is 5.97 Å². The number of hydrogen-bond donors (Lipinski definition) is 1. The van der Waals surface area contributed by atoms with E-state index in [0.717, 1.165) is 12.1 Å². The van der Waals surface area contributed by atoms with E-state index in [2.05, 4.69) is 0 Å². The Morgan fingerprint density at radius 3 is 2.81 bits per heavy atom. The lowest BCUT2D eigenvalue weighted by molar-refractivity contribution is 0.0686. The molecule has 0 atom stereocenters. The Bertz CT molecular complexity index is 365. The van der Waals surface area contributed by atoms with Crippen molar-refractivity contribution < 1.29 is 23.8 Å². The van der Waals surface area contributed by atoms with Crippen molar-refractivity contribution in [3.63, 3.8) is 0 Å². The number of aromatic carboxylic acids is 1. The molecule has 1 aromatic carbocycles. The molecular weight excluding hydrogens is 215 g/mol. The molecule has 0 amide bonds. The predicted octanol–water partition coefficient (Wildman–Crippen LogP) is 1.94. The van der Waals surface area contributed by atoms with Crippen molar-refractivity contribution >= 4 is 5.97 Å². The maximum Gasteiger partial charge on any atom is 0.339 e. The van der Waals surface area contributed by atoms with Crippen LogP contribution in [0, 0.1) is 5.82 Å². The van der Waals surface area contributed by atoms with Crippen LogP contribution in [0.15, 0.2) is 18.2 Å². The van der Waals surface area contributed by atoms with Crippen molar-refractivity contribution in [1.82, 2.24) is 0 Å². The first-order valence-corrected chi connectivity index (χ1v) is 4.88. The molecule has 88 valence electrons. The lowest BCUT2D eigenvalue weighted by Gasteiger charge is -2.08. The molecule has 0 aliphatic rings. The number of carbonyl (C=O) groups is 1. The number of ether oxygens (including phenoxy) is 2. The van der Waals surface area contributed by atoms with Crippen molar-refractivity contribution in [3.8, 4) is 5.75 Å². The SMILES string of the molecule is CCOCCOc1cc(F)ccc1C(=O)O. The minimum absolute atomic E-state index is 0.0206. The van der Waals surface area contributed by atoms with Crippen molar-refractivity contribution in [2.45, 2.75) is 6.92 Å². The third-order valence-corrected chi connectivity index (χ3v) is 1.86.